The quantitative estimate of drug-likeness (QED) is 0.388. The zero-order chi connectivity index (χ0) is 17.1. The van der Waals surface area contributed by atoms with Gasteiger partial charge < -0.3 is 16.0 Å². The first-order chi connectivity index (χ1) is 11.0. The number of nitrogens with one attached hydrogen (secondary N) is 3. The molecule has 23 heavy (non-hydrogen) atoms. The fourth-order valence-electron chi connectivity index (χ4n) is 1.87. The SMILES string of the molecule is CCNC(=NCCC(C)C)NCCNC(=O)c1ccccc1Cl. The molecule has 0 unspecified atom stereocenters. The van der Waals surface area contributed by atoms with Crippen LogP contribution in [-0.4, -0.2) is 38.0 Å². The van der Waals surface area contributed by atoms with E-state index < -0.39 is 0 Å². The number of guanidine groups is 1. The van der Waals surface area contributed by atoms with E-state index in [-0.39, 0.29) is 5.91 Å². The van der Waals surface area contributed by atoms with Gasteiger partial charge >= 0.3 is 0 Å². The molecule has 1 aromatic rings. The number of aliphatic imine (C=N–C) groups is 1. The second-order valence-corrected chi connectivity index (χ2v) is 6.01. The van der Waals surface area contributed by atoms with Gasteiger partial charge in [-0.3, -0.25) is 9.79 Å². The molecule has 5 nitrogen and oxygen atoms in total. The standard InChI is InChI=1S/C17H27ClN4O/c1-4-19-17(21-10-9-13(2)3)22-12-11-20-16(23)14-7-5-6-8-15(14)18/h5-8,13H,4,9-12H2,1-3H3,(H,20,23)(H2,19,21,22). The van der Waals surface area contributed by atoms with E-state index in [0.29, 0.717) is 29.6 Å². The zero-order valence-corrected chi connectivity index (χ0v) is 14.9. The minimum Gasteiger partial charge on any atom is -0.357 e. The maximum absolute atomic E-state index is 12.0. The van der Waals surface area contributed by atoms with E-state index >= 15 is 0 Å². The predicted octanol–water partition coefficient (Wildman–Crippen LogP) is 2.67. The Labute approximate surface area is 143 Å². The second-order valence-electron chi connectivity index (χ2n) is 5.61. The number of carbonyl (C=O) groups is 1. The van der Waals surface area contributed by atoms with Crippen molar-refractivity contribution in [3.05, 3.63) is 34.9 Å². The third kappa shape index (κ3) is 7.88. The third-order valence-corrected chi connectivity index (χ3v) is 3.47. The summed E-state index contributed by atoms with van der Waals surface area (Å²) in [5.74, 6) is 1.25. The molecule has 0 spiro atoms. The van der Waals surface area contributed by atoms with Crippen LogP contribution in [0.4, 0.5) is 0 Å². The molecule has 128 valence electrons. The smallest absolute Gasteiger partial charge is 0.252 e. The van der Waals surface area contributed by atoms with E-state index in [0.717, 1.165) is 25.5 Å². The fourth-order valence-corrected chi connectivity index (χ4v) is 2.10. The molecular weight excluding hydrogens is 312 g/mol. The van der Waals surface area contributed by atoms with Crippen molar-refractivity contribution in [1.82, 2.24) is 16.0 Å². The Bertz CT molecular complexity index is 517. The maximum Gasteiger partial charge on any atom is 0.252 e. The molecule has 0 aliphatic heterocycles. The number of hydrogen-bond acceptors (Lipinski definition) is 2. The molecule has 0 heterocycles. The van der Waals surface area contributed by atoms with Crippen molar-refractivity contribution in [1.29, 1.82) is 0 Å². The van der Waals surface area contributed by atoms with E-state index in [1.54, 1.807) is 24.3 Å². The highest BCUT2D eigenvalue weighted by molar-refractivity contribution is 6.33. The number of amides is 1. The van der Waals surface area contributed by atoms with Crippen LogP contribution < -0.4 is 16.0 Å². The van der Waals surface area contributed by atoms with Gasteiger partial charge in [-0.25, -0.2) is 0 Å². The van der Waals surface area contributed by atoms with Crippen LogP contribution >= 0.6 is 11.6 Å². The lowest BCUT2D eigenvalue weighted by molar-refractivity contribution is 0.0954. The highest BCUT2D eigenvalue weighted by Crippen LogP contribution is 2.14. The molecule has 0 aromatic heterocycles. The van der Waals surface area contributed by atoms with Crippen molar-refractivity contribution < 1.29 is 4.79 Å². The van der Waals surface area contributed by atoms with Crippen LogP contribution in [0.3, 0.4) is 0 Å². The van der Waals surface area contributed by atoms with Gasteiger partial charge in [0, 0.05) is 26.2 Å². The molecular formula is C17H27ClN4O. The fraction of sp³-hybridized carbons (Fsp3) is 0.529. The van der Waals surface area contributed by atoms with Gasteiger partial charge in [0.1, 0.15) is 0 Å². The van der Waals surface area contributed by atoms with Crippen LogP contribution in [0.25, 0.3) is 0 Å². The van der Waals surface area contributed by atoms with Crippen molar-refractivity contribution in [3.8, 4) is 0 Å². The Morgan fingerprint density at radius 2 is 1.87 bits per heavy atom. The van der Waals surface area contributed by atoms with Gasteiger partial charge in [-0.2, -0.15) is 0 Å². The minimum atomic E-state index is -0.167. The molecule has 3 N–H and O–H groups in total. The summed E-state index contributed by atoms with van der Waals surface area (Å²) in [4.78, 5) is 16.5. The minimum absolute atomic E-state index is 0.167. The lowest BCUT2D eigenvalue weighted by Gasteiger charge is -2.12. The van der Waals surface area contributed by atoms with Gasteiger partial charge in [-0.15, -0.1) is 0 Å². The lowest BCUT2D eigenvalue weighted by atomic mass is 10.1. The van der Waals surface area contributed by atoms with Gasteiger partial charge in [-0.05, 0) is 31.4 Å². The molecule has 0 bridgehead atoms. The summed E-state index contributed by atoms with van der Waals surface area (Å²) in [6.45, 7) is 9.08. The molecule has 0 saturated heterocycles. The molecule has 6 heteroatoms. The molecule has 0 aliphatic carbocycles. The van der Waals surface area contributed by atoms with Gasteiger partial charge in [0.25, 0.3) is 5.91 Å². The summed E-state index contributed by atoms with van der Waals surface area (Å²) in [5.41, 5.74) is 0.492. The van der Waals surface area contributed by atoms with Crippen molar-refractivity contribution in [3.63, 3.8) is 0 Å². The summed E-state index contributed by atoms with van der Waals surface area (Å²) >= 11 is 6.00. The Morgan fingerprint density at radius 1 is 1.17 bits per heavy atom. The molecule has 1 aromatic carbocycles. The summed E-state index contributed by atoms with van der Waals surface area (Å²) in [7, 11) is 0. The number of hydrogen-bond donors (Lipinski definition) is 3. The van der Waals surface area contributed by atoms with Crippen LogP contribution in [0.2, 0.25) is 5.02 Å². The Morgan fingerprint density at radius 3 is 2.52 bits per heavy atom. The largest absolute Gasteiger partial charge is 0.357 e. The first kappa shape index (κ1) is 19.3. The summed E-state index contributed by atoms with van der Waals surface area (Å²) in [6.07, 6.45) is 1.06. The average molecular weight is 339 g/mol. The van der Waals surface area contributed by atoms with Crippen LogP contribution in [0.15, 0.2) is 29.3 Å². The maximum atomic E-state index is 12.0. The summed E-state index contributed by atoms with van der Waals surface area (Å²) < 4.78 is 0. The number of benzene rings is 1. The van der Waals surface area contributed by atoms with Crippen LogP contribution in [-0.2, 0) is 0 Å². The highest BCUT2D eigenvalue weighted by atomic mass is 35.5. The van der Waals surface area contributed by atoms with Crippen molar-refractivity contribution in [2.45, 2.75) is 27.2 Å². The molecule has 1 rings (SSSR count). The van der Waals surface area contributed by atoms with Gasteiger partial charge in [0.15, 0.2) is 5.96 Å². The van der Waals surface area contributed by atoms with Crippen molar-refractivity contribution in [2.75, 3.05) is 26.2 Å². The molecule has 0 fully saturated rings. The normalized spacial score (nSPS) is 11.4. The van der Waals surface area contributed by atoms with Gasteiger partial charge in [0.2, 0.25) is 0 Å². The Hall–Kier alpha value is -1.75. The van der Waals surface area contributed by atoms with E-state index in [4.69, 9.17) is 11.6 Å². The monoisotopic (exact) mass is 338 g/mol. The second kappa shape index (κ2) is 10.9. The van der Waals surface area contributed by atoms with E-state index in [1.165, 1.54) is 0 Å². The lowest BCUT2D eigenvalue weighted by Crippen LogP contribution is -2.41. The number of halogens is 1. The molecule has 0 aliphatic rings. The zero-order valence-electron chi connectivity index (χ0n) is 14.2. The van der Waals surface area contributed by atoms with Gasteiger partial charge in [-0.1, -0.05) is 37.6 Å². The van der Waals surface area contributed by atoms with E-state index in [9.17, 15) is 4.79 Å². The predicted molar refractivity (Wildman–Crippen MR) is 97.2 cm³/mol. The first-order valence-corrected chi connectivity index (χ1v) is 8.47. The van der Waals surface area contributed by atoms with Crippen molar-refractivity contribution >= 4 is 23.5 Å². The van der Waals surface area contributed by atoms with Crippen LogP contribution in [0.1, 0.15) is 37.6 Å². The topological polar surface area (TPSA) is 65.5 Å². The highest BCUT2D eigenvalue weighted by Gasteiger charge is 2.08. The number of nitrogens with zero attached hydrogens (tertiary/aromatic N) is 1. The van der Waals surface area contributed by atoms with Crippen LogP contribution in [0.5, 0.6) is 0 Å². The molecule has 0 atom stereocenters. The third-order valence-electron chi connectivity index (χ3n) is 3.14. The molecule has 1 amide bonds. The Balaban J connectivity index is 2.36. The van der Waals surface area contributed by atoms with E-state index in [2.05, 4.69) is 34.8 Å². The van der Waals surface area contributed by atoms with Gasteiger partial charge in [0.05, 0.1) is 10.6 Å². The summed E-state index contributed by atoms with van der Waals surface area (Å²) in [6, 6.07) is 7.02. The van der Waals surface area contributed by atoms with Crippen LogP contribution in [0, 0.1) is 5.92 Å². The number of carbonyl (C=O) groups excluding carboxylic acids is 1. The van der Waals surface area contributed by atoms with E-state index in [1.807, 2.05) is 6.92 Å². The first-order valence-electron chi connectivity index (χ1n) is 8.09. The molecule has 0 radical (unpaired) electrons. The number of rotatable bonds is 8. The molecule has 0 saturated carbocycles. The summed E-state index contributed by atoms with van der Waals surface area (Å²) in [5, 5.41) is 9.70. The average Bonchev–Trinajstić information content (AvgIpc) is 2.51. The Kier molecular flexibility index (Phi) is 9.14. The van der Waals surface area contributed by atoms with Crippen molar-refractivity contribution in [2.24, 2.45) is 10.9 Å².